The van der Waals surface area contributed by atoms with E-state index < -0.39 is 23.0 Å². The van der Waals surface area contributed by atoms with Gasteiger partial charge in [0.2, 0.25) is 5.91 Å². The Morgan fingerprint density at radius 3 is 2.88 bits per heavy atom. The van der Waals surface area contributed by atoms with Gasteiger partial charge in [0.05, 0.1) is 18.7 Å². The standard InChI is InChI=1S/C23H18F2N6O2/c1-10-26-9-17(33-2)21(27-10)29-20-13-5-4-12(18(25)19(13)30-31-20)15-8-23(15)14-7-11(24)3-6-16(14)28-22(23)32/h3-7,9,15H,8H2,1-2H3,(H,28,32)(H2,26,27,29,30,31)/t15-,23-/m0/s1. The topological polar surface area (TPSA) is 105 Å². The Bertz CT molecular complexity index is 1470. The SMILES string of the molecule is COc1cnc(C)nc1Nc1n[nH]c2c(F)c([C@@H]3C[C@@]34C(=O)Nc3ccc(F)cc34)ccc12. The maximum absolute atomic E-state index is 15.6. The quantitative estimate of drug-likeness (QED) is 0.435. The van der Waals surface area contributed by atoms with Crippen LogP contribution in [0.1, 0.15) is 29.3 Å². The number of carbonyl (C=O) groups excluding carboxylic acids is 1. The van der Waals surface area contributed by atoms with E-state index >= 15 is 4.39 Å². The molecule has 2 atom stereocenters. The second kappa shape index (κ2) is 6.71. The Kier molecular flexibility index (Phi) is 3.98. The van der Waals surface area contributed by atoms with Gasteiger partial charge in [-0.15, -0.1) is 0 Å². The first-order chi connectivity index (χ1) is 15.9. The molecule has 6 rings (SSSR count). The number of amides is 1. The van der Waals surface area contributed by atoms with Crippen molar-refractivity contribution in [3.05, 3.63) is 65.1 Å². The molecule has 0 saturated heterocycles. The van der Waals surface area contributed by atoms with Crippen molar-refractivity contribution in [2.75, 3.05) is 17.7 Å². The van der Waals surface area contributed by atoms with Crippen LogP contribution < -0.4 is 15.4 Å². The first kappa shape index (κ1) is 19.6. The number of benzene rings is 2. The molecule has 10 heteroatoms. The third-order valence-corrected chi connectivity index (χ3v) is 6.49. The second-order valence-corrected chi connectivity index (χ2v) is 8.29. The molecular weight excluding hydrogens is 430 g/mol. The van der Waals surface area contributed by atoms with Gasteiger partial charge in [-0.05, 0) is 48.7 Å². The number of rotatable bonds is 4. The van der Waals surface area contributed by atoms with E-state index in [2.05, 4.69) is 30.8 Å². The minimum absolute atomic E-state index is 0.208. The predicted octanol–water partition coefficient (Wildman–Crippen LogP) is 4.07. The number of aryl methyl sites for hydroxylation is 1. The number of ether oxygens (including phenoxy) is 1. The molecule has 1 aliphatic carbocycles. The van der Waals surface area contributed by atoms with Crippen molar-refractivity contribution < 1.29 is 18.3 Å². The summed E-state index contributed by atoms with van der Waals surface area (Å²) in [5.41, 5.74) is 0.807. The van der Waals surface area contributed by atoms with E-state index in [1.54, 1.807) is 25.1 Å². The smallest absolute Gasteiger partial charge is 0.235 e. The highest BCUT2D eigenvalue weighted by molar-refractivity contribution is 6.10. The van der Waals surface area contributed by atoms with E-state index in [0.29, 0.717) is 51.8 Å². The van der Waals surface area contributed by atoms with Crippen LogP contribution in [0.15, 0.2) is 36.5 Å². The molecule has 166 valence electrons. The highest BCUT2D eigenvalue weighted by Crippen LogP contribution is 2.65. The molecule has 2 aromatic heterocycles. The normalized spacial score (nSPS) is 20.7. The lowest BCUT2D eigenvalue weighted by Gasteiger charge is -2.11. The first-order valence-corrected chi connectivity index (χ1v) is 10.3. The van der Waals surface area contributed by atoms with Gasteiger partial charge in [-0.3, -0.25) is 9.89 Å². The van der Waals surface area contributed by atoms with Gasteiger partial charge in [-0.2, -0.15) is 5.10 Å². The van der Waals surface area contributed by atoms with E-state index in [9.17, 15) is 9.18 Å². The molecule has 1 spiro atoms. The fraction of sp³-hybridized carbons (Fsp3) is 0.217. The summed E-state index contributed by atoms with van der Waals surface area (Å²) in [5, 5.41) is 13.3. The molecule has 0 radical (unpaired) electrons. The van der Waals surface area contributed by atoms with Crippen LogP contribution in [0.2, 0.25) is 0 Å². The molecule has 33 heavy (non-hydrogen) atoms. The van der Waals surface area contributed by atoms with E-state index in [4.69, 9.17) is 4.74 Å². The molecule has 1 aliphatic heterocycles. The number of aromatic amines is 1. The first-order valence-electron chi connectivity index (χ1n) is 10.3. The predicted molar refractivity (Wildman–Crippen MR) is 117 cm³/mol. The number of fused-ring (bicyclic) bond motifs is 3. The van der Waals surface area contributed by atoms with Gasteiger partial charge in [0.15, 0.2) is 23.2 Å². The van der Waals surface area contributed by atoms with Gasteiger partial charge < -0.3 is 15.4 Å². The van der Waals surface area contributed by atoms with Gasteiger partial charge in [0.1, 0.15) is 17.2 Å². The van der Waals surface area contributed by atoms with Crippen LogP contribution in [0.3, 0.4) is 0 Å². The van der Waals surface area contributed by atoms with Crippen LogP contribution in [0.5, 0.6) is 5.75 Å². The molecule has 0 unspecified atom stereocenters. The van der Waals surface area contributed by atoms with Crippen molar-refractivity contribution in [3.8, 4) is 5.75 Å². The Balaban J connectivity index is 1.38. The summed E-state index contributed by atoms with van der Waals surface area (Å²) >= 11 is 0. The number of aromatic nitrogens is 4. The average Bonchev–Trinajstić information content (AvgIpc) is 3.32. The minimum atomic E-state index is -0.946. The van der Waals surface area contributed by atoms with Crippen molar-refractivity contribution in [2.45, 2.75) is 24.7 Å². The fourth-order valence-corrected chi connectivity index (χ4v) is 4.78. The van der Waals surface area contributed by atoms with Crippen LogP contribution in [-0.2, 0) is 10.2 Å². The molecule has 3 N–H and O–H groups in total. The van der Waals surface area contributed by atoms with E-state index in [1.165, 1.54) is 25.4 Å². The lowest BCUT2D eigenvalue weighted by molar-refractivity contribution is -0.118. The van der Waals surface area contributed by atoms with Crippen molar-refractivity contribution in [1.29, 1.82) is 0 Å². The van der Waals surface area contributed by atoms with Gasteiger partial charge in [0, 0.05) is 17.0 Å². The van der Waals surface area contributed by atoms with Crippen molar-refractivity contribution in [3.63, 3.8) is 0 Å². The monoisotopic (exact) mass is 448 g/mol. The minimum Gasteiger partial charge on any atom is -0.491 e. The van der Waals surface area contributed by atoms with Crippen molar-refractivity contribution in [1.82, 2.24) is 20.2 Å². The molecule has 2 aromatic carbocycles. The van der Waals surface area contributed by atoms with Crippen LogP contribution >= 0.6 is 0 Å². The zero-order valence-corrected chi connectivity index (χ0v) is 17.7. The molecule has 1 saturated carbocycles. The summed E-state index contributed by atoms with van der Waals surface area (Å²) < 4.78 is 34.8. The summed E-state index contributed by atoms with van der Waals surface area (Å²) in [6.07, 6.45) is 1.95. The lowest BCUT2D eigenvalue weighted by atomic mass is 9.91. The molecule has 1 amide bonds. The van der Waals surface area contributed by atoms with Gasteiger partial charge in [-0.25, -0.2) is 18.7 Å². The largest absolute Gasteiger partial charge is 0.491 e. The number of halogens is 2. The third-order valence-electron chi connectivity index (χ3n) is 6.49. The molecular formula is C23H18F2N6O2. The number of nitrogens with one attached hydrogen (secondary N) is 3. The maximum Gasteiger partial charge on any atom is 0.235 e. The highest BCUT2D eigenvalue weighted by atomic mass is 19.1. The van der Waals surface area contributed by atoms with E-state index in [0.717, 1.165) is 0 Å². The van der Waals surface area contributed by atoms with Gasteiger partial charge >= 0.3 is 0 Å². The number of H-pyrrole nitrogens is 1. The summed E-state index contributed by atoms with van der Waals surface area (Å²) in [7, 11) is 1.50. The van der Waals surface area contributed by atoms with Gasteiger partial charge in [0.25, 0.3) is 0 Å². The zero-order valence-electron chi connectivity index (χ0n) is 17.7. The van der Waals surface area contributed by atoms with E-state index in [-0.39, 0.29) is 11.4 Å². The van der Waals surface area contributed by atoms with Crippen molar-refractivity contribution in [2.24, 2.45) is 0 Å². The van der Waals surface area contributed by atoms with Crippen LogP contribution in [-0.4, -0.2) is 33.2 Å². The second-order valence-electron chi connectivity index (χ2n) is 8.29. The Morgan fingerprint density at radius 2 is 2.06 bits per heavy atom. The van der Waals surface area contributed by atoms with Crippen LogP contribution in [0.4, 0.5) is 26.1 Å². The number of anilines is 3. The fourth-order valence-electron chi connectivity index (χ4n) is 4.78. The summed E-state index contributed by atoms with van der Waals surface area (Å²) in [6.45, 7) is 1.74. The Morgan fingerprint density at radius 1 is 1.21 bits per heavy atom. The van der Waals surface area contributed by atoms with Crippen LogP contribution in [0, 0.1) is 18.6 Å². The number of hydrogen-bond donors (Lipinski definition) is 3. The number of methoxy groups -OCH3 is 1. The molecule has 0 bridgehead atoms. The Labute approximate surface area is 186 Å². The zero-order chi connectivity index (χ0) is 22.9. The summed E-state index contributed by atoms with van der Waals surface area (Å²) in [6, 6.07) is 7.60. The molecule has 4 aromatic rings. The number of carbonyl (C=O) groups is 1. The van der Waals surface area contributed by atoms with Gasteiger partial charge in [-0.1, -0.05) is 6.07 Å². The lowest BCUT2D eigenvalue weighted by Crippen LogP contribution is -2.21. The van der Waals surface area contributed by atoms with Crippen LogP contribution in [0.25, 0.3) is 10.9 Å². The molecule has 3 heterocycles. The summed E-state index contributed by atoms with van der Waals surface area (Å²) in [5.74, 6) is 0.210. The Hall–Kier alpha value is -4.08. The van der Waals surface area contributed by atoms with Crippen molar-refractivity contribution >= 4 is 34.1 Å². The highest BCUT2D eigenvalue weighted by Gasteiger charge is 2.65. The molecule has 1 fully saturated rings. The third kappa shape index (κ3) is 2.73. The molecule has 2 aliphatic rings. The molecule has 8 nitrogen and oxygen atoms in total. The average molecular weight is 448 g/mol. The number of nitrogens with zero attached hydrogens (tertiary/aromatic N) is 3. The maximum atomic E-state index is 15.6. The van der Waals surface area contributed by atoms with E-state index in [1.807, 2.05) is 0 Å². The summed E-state index contributed by atoms with van der Waals surface area (Å²) in [4.78, 5) is 21.2. The number of hydrogen-bond acceptors (Lipinski definition) is 6.